The summed E-state index contributed by atoms with van der Waals surface area (Å²) >= 11 is 6.14. The van der Waals surface area contributed by atoms with Gasteiger partial charge in [-0.05, 0) is 111 Å². The third kappa shape index (κ3) is 19.5. The summed E-state index contributed by atoms with van der Waals surface area (Å²) in [4.78, 5) is 170. The van der Waals surface area contributed by atoms with E-state index in [1.165, 1.54) is 92.2 Å². The number of nitrogens with zero attached hydrogens (tertiary/aromatic N) is 7. The molecule has 2 heterocycles. The quantitative estimate of drug-likeness (QED) is 0.200. The molecular formula is C69H98ClF4N11O11. The first kappa shape index (κ1) is 76.0. The van der Waals surface area contributed by atoms with E-state index in [4.69, 9.17) is 11.6 Å². The van der Waals surface area contributed by atoms with Gasteiger partial charge in [-0.15, -0.1) is 0 Å². The maximum atomic E-state index is 15.6. The summed E-state index contributed by atoms with van der Waals surface area (Å²) in [5.74, 6) is -8.42. The number of carbonyl (C=O) groups excluding carboxylic acids is 11. The van der Waals surface area contributed by atoms with Crippen LogP contribution in [0.3, 0.4) is 0 Å². The lowest BCUT2D eigenvalue weighted by molar-refractivity contribution is -0.154. The molecule has 11 amide bonds. The molecule has 5 aliphatic rings. The van der Waals surface area contributed by atoms with Crippen LogP contribution in [0.4, 0.5) is 17.6 Å². The van der Waals surface area contributed by atoms with Gasteiger partial charge >= 0.3 is 6.18 Å². The van der Waals surface area contributed by atoms with Gasteiger partial charge in [-0.2, -0.15) is 13.2 Å². The Morgan fingerprint density at radius 3 is 1.86 bits per heavy atom. The van der Waals surface area contributed by atoms with Gasteiger partial charge in [-0.25, -0.2) is 4.39 Å². The van der Waals surface area contributed by atoms with Gasteiger partial charge < -0.3 is 55.6 Å². The highest BCUT2D eigenvalue weighted by Gasteiger charge is 2.51. The molecule has 22 nitrogen and oxygen atoms in total. The van der Waals surface area contributed by atoms with Gasteiger partial charge in [0, 0.05) is 68.2 Å². The number of carbonyl (C=O) groups is 11. The number of benzene rings is 2. The molecule has 1 unspecified atom stereocenters. The van der Waals surface area contributed by atoms with E-state index >= 15 is 19.2 Å². The molecule has 0 radical (unpaired) electrons. The number of nitrogens with one attached hydrogen (secondary N) is 4. The molecule has 2 aromatic carbocycles. The number of aryl methyl sites for hydroxylation is 1. The van der Waals surface area contributed by atoms with E-state index in [-0.39, 0.29) is 76.3 Å². The second-order valence-electron chi connectivity index (χ2n) is 27.4. The number of rotatable bonds is 10. The van der Waals surface area contributed by atoms with Crippen LogP contribution in [-0.2, 0) is 71.8 Å². The topological polar surface area (TPSA) is 259 Å². The van der Waals surface area contributed by atoms with Gasteiger partial charge in [0.15, 0.2) is 0 Å². The average Bonchev–Trinajstić information content (AvgIpc) is 1.43. The Hall–Kier alpha value is -7.38. The normalized spacial score (nSPS) is 25.6. The number of halogens is 5. The fourth-order valence-electron chi connectivity index (χ4n) is 14.4. The fraction of sp³-hybridized carbons (Fsp3) is 0.667. The van der Waals surface area contributed by atoms with Crippen molar-refractivity contribution in [1.29, 1.82) is 0 Å². The van der Waals surface area contributed by atoms with Crippen LogP contribution in [0.5, 0.6) is 0 Å². The second-order valence-corrected chi connectivity index (χ2v) is 27.8. The summed E-state index contributed by atoms with van der Waals surface area (Å²) in [6.45, 7) is 1.72. The Morgan fingerprint density at radius 1 is 0.625 bits per heavy atom. The summed E-state index contributed by atoms with van der Waals surface area (Å²) in [6, 6.07) is 1.32. The van der Waals surface area contributed by atoms with E-state index in [1.54, 1.807) is 6.92 Å². The van der Waals surface area contributed by atoms with Crippen molar-refractivity contribution < 1.29 is 70.3 Å². The summed E-state index contributed by atoms with van der Waals surface area (Å²) in [5.41, 5.74) is -1.83. The monoisotopic (exact) mass is 1370 g/mol. The third-order valence-corrected chi connectivity index (χ3v) is 20.8. The molecule has 1 spiro atoms. The van der Waals surface area contributed by atoms with Crippen molar-refractivity contribution in [1.82, 2.24) is 55.6 Å². The molecule has 530 valence electrons. The molecule has 0 aromatic heterocycles. The summed E-state index contributed by atoms with van der Waals surface area (Å²) in [6.07, 6.45) is 4.93. The van der Waals surface area contributed by atoms with Crippen LogP contribution in [0.1, 0.15) is 159 Å². The molecule has 7 rings (SSSR count). The summed E-state index contributed by atoms with van der Waals surface area (Å²) in [7, 11) is 8.52. The van der Waals surface area contributed by atoms with Crippen molar-refractivity contribution in [2.75, 3.05) is 75.0 Å². The first-order valence-electron chi connectivity index (χ1n) is 34.1. The van der Waals surface area contributed by atoms with Crippen molar-refractivity contribution >= 4 is 76.6 Å². The first-order valence-corrected chi connectivity index (χ1v) is 34.4. The predicted molar refractivity (Wildman–Crippen MR) is 350 cm³/mol. The Labute approximate surface area is 566 Å². The van der Waals surface area contributed by atoms with Crippen LogP contribution in [0.15, 0.2) is 42.5 Å². The van der Waals surface area contributed by atoms with E-state index in [0.717, 1.165) is 78.2 Å². The van der Waals surface area contributed by atoms with Gasteiger partial charge in [-0.3, -0.25) is 52.7 Å². The number of amides is 11. The number of likely N-dealkylation sites (N-methyl/N-ethyl adjacent to an activating group) is 6. The standard InChI is InChI=1S/C69H98ClF4N11O11/c1-9-43(2)59-65(94)81(5)41-57(88)79(3)42-58(89)82(6)54(39-44-19-12-10-13-20-44)64(93)80(4)40-56(87)76-51(31-27-45-26-30-49(50(70)37-45)69(72,73)74)63(92)85-36-18-23-52(85)62(91)78-68(33-16-17-34-68)67(96)84(8)60(47-21-14-11-15-22-47)66(95)83(7)53(38-46-24-28-48(71)29-25-46)61(90)75-35-32-55(86)77-59/h24-26,28-30,37,43-44,47,51-54,59-60H,9-23,27,31-36,38-42H2,1-8H3,(H,75,90)(H,76,87)(H,77,86)(H,78,91)/t43-,51-,52?,53-,54-,59-,60-/m0/s1. The SMILES string of the molecule is CC[C@H](C)[C@@H]1NC(=O)CCNC(=O)[C@H](Cc2ccc(F)cc2)N(C)C(=O)[C@H](C2CCCCC2)N(C)C(=O)C2(CCCC2)NC(=O)C2CCCN2C(=O)[C@H](CCc2ccc(C(F)(F)F)c(Cl)c2)NC(=O)CN(C)C(=O)[C@H](CC2CCCCC2)N(C)C(=O)CN(C)C(=O)CN(C)C1=O. The average molecular weight is 1370 g/mol. The van der Waals surface area contributed by atoms with Crippen LogP contribution in [0.2, 0.25) is 5.02 Å². The van der Waals surface area contributed by atoms with Gasteiger partial charge in [-0.1, -0.05) is 114 Å². The van der Waals surface area contributed by atoms with E-state index in [2.05, 4.69) is 21.3 Å². The number of hydrogen-bond acceptors (Lipinski definition) is 11. The Bertz CT molecular complexity index is 3120. The fourth-order valence-corrected chi connectivity index (χ4v) is 14.7. The molecule has 3 saturated carbocycles. The molecule has 5 fully saturated rings. The molecule has 3 aliphatic carbocycles. The third-order valence-electron chi connectivity index (χ3n) is 20.5. The van der Waals surface area contributed by atoms with Crippen molar-refractivity contribution in [2.24, 2.45) is 17.8 Å². The minimum atomic E-state index is -4.76. The Kier molecular flexibility index (Phi) is 27.1. The van der Waals surface area contributed by atoms with Crippen molar-refractivity contribution in [3.63, 3.8) is 0 Å². The lowest BCUT2D eigenvalue weighted by Gasteiger charge is -2.43. The molecular weight excluding hydrogens is 1270 g/mol. The van der Waals surface area contributed by atoms with Gasteiger partial charge in [0.25, 0.3) is 0 Å². The highest BCUT2D eigenvalue weighted by atomic mass is 35.5. The van der Waals surface area contributed by atoms with E-state index in [0.29, 0.717) is 49.7 Å². The molecule has 2 aromatic rings. The van der Waals surface area contributed by atoms with Crippen LogP contribution >= 0.6 is 11.6 Å². The highest BCUT2D eigenvalue weighted by Crippen LogP contribution is 2.38. The molecule has 2 aliphatic heterocycles. The number of alkyl halides is 3. The second kappa shape index (κ2) is 34.2. The largest absolute Gasteiger partial charge is 0.417 e. The summed E-state index contributed by atoms with van der Waals surface area (Å²) < 4.78 is 55.8. The molecule has 7 atom stereocenters. The Balaban J connectivity index is 1.25. The molecule has 96 heavy (non-hydrogen) atoms. The zero-order valence-electron chi connectivity index (χ0n) is 56.8. The molecule has 0 bridgehead atoms. The van der Waals surface area contributed by atoms with Crippen LogP contribution in [-0.4, -0.2) is 216 Å². The van der Waals surface area contributed by atoms with E-state index in [1.807, 2.05) is 6.92 Å². The van der Waals surface area contributed by atoms with E-state index in [9.17, 15) is 51.1 Å². The number of hydrogen-bond donors (Lipinski definition) is 4. The smallest absolute Gasteiger partial charge is 0.354 e. The predicted octanol–water partition coefficient (Wildman–Crippen LogP) is 6.04. The van der Waals surface area contributed by atoms with Crippen LogP contribution in [0, 0.1) is 23.6 Å². The van der Waals surface area contributed by atoms with Crippen molar-refractivity contribution in [3.05, 3.63) is 70.0 Å². The Morgan fingerprint density at radius 2 is 1.24 bits per heavy atom. The van der Waals surface area contributed by atoms with Crippen molar-refractivity contribution in [2.45, 2.75) is 203 Å². The molecule has 27 heteroatoms. The summed E-state index contributed by atoms with van der Waals surface area (Å²) in [5, 5.41) is 10.8. The van der Waals surface area contributed by atoms with Gasteiger partial charge in [0.05, 0.1) is 30.2 Å². The van der Waals surface area contributed by atoms with Crippen LogP contribution in [0.25, 0.3) is 0 Å². The minimum Gasteiger partial charge on any atom is -0.354 e. The zero-order chi connectivity index (χ0) is 70.3. The first-order chi connectivity index (χ1) is 45.4. The van der Waals surface area contributed by atoms with Gasteiger partial charge in [0.1, 0.15) is 47.6 Å². The van der Waals surface area contributed by atoms with Crippen LogP contribution < -0.4 is 21.3 Å². The van der Waals surface area contributed by atoms with E-state index < -0.39 is 155 Å². The lowest BCUT2D eigenvalue weighted by Crippen LogP contribution is -2.65. The maximum absolute atomic E-state index is 15.6. The zero-order valence-corrected chi connectivity index (χ0v) is 57.6. The van der Waals surface area contributed by atoms with Gasteiger partial charge in [0.2, 0.25) is 65.0 Å². The highest BCUT2D eigenvalue weighted by molar-refractivity contribution is 6.31. The molecule has 2 saturated heterocycles. The molecule has 4 N–H and O–H groups in total. The maximum Gasteiger partial charge on any atom is 0.417 e. The number of fused-ring (bicyclic) bond motifs is 1. The minimum absolute atomic E-state index is 0.0256. The lowest BCUT2D eigenvalue weighted by atomic mass is 9.81. The van der Waals surface area contributed by atoms with Crippen molar-refractivity contribution in [3.8, 4) is 0 Å².